The molecule has 2 aromatic heterocycles. The molecule has 0 fully saturated rings. The summed E-state index contributed by atoms with van der Waals surface area (Å²) in [5.41, 5.74) is 10.0. The summed E-state index contributed by atoms with van der Waals surface area (Å²) in [6.07, 6.45) is 3.40. The average molecular weight is 239 g/mol. The Hall–Kier alpha value is -2.43. The van der Waals surface area contributed by atoms with E-state index in [2.05, 4.69) is 40.9 Å². The summed E-state index contributed by atoms with van der Waals surface area (Å²) in [5.74, 6) is 0.992. The predicted molar refractivity (Wildman–Crippen MR) is 70.5 cm³/mol. The highest BCUT2D eigenvalue weighted by atomic mass is 15.1. The topological polar surface area (TPSA) is 69.6 Å². The van der Waals surface area contributed by atoms with Crippen molar-refractivity contribution in [2.24, 2.45) is 0 Å². The van der Waals surface area contributed by atoms with Gasteiger partial charge in [-0.25, -0.2) is 9.97 Å². The molecule has 0 spiro atoms. The monoisotopic (exact) mass is 239 g/mol. The second-order valence-corrected chi connectivity index (χ2v) is 4.31. The molecule has 2 heterocycles. The van der Waals surface area contributed by atoms with Crippen LogP contribution < -0.4 is 5.73 Å². The number of rotatable bonds is 1. The number of nitrogens with zero attached hydrogens (tertiary/aromatic N) is 4. The molecule has 18 heavy (non-hydrogen) atoms. The van der Waals surface area contributed by atoms with Gasteiger partial charge in [0.05, 0.1) is 11.0 Å². The highest BCUT2D eigenvalue weighted by molar-refractivity contribution is 5.78. The molecule has 5 nitrogen and oxygen atoms in total. The van der Waals surface area contributed by atoms with Gasteiger partial charge in [-0.15, -0.1) is 0 Å². The maximum absolute atomic E-state index is 5.61. The van der Waals surface area contributed by atoms with Crippen molar-refractivity contribution in [3.8, 4) is 5.82 Å². The molecule has 0 radical (unpaired) electrons. The molecule has 2 N–H and O–H groups in total. The molecule has 3 aromatic rings. The molecule has 0 aliphatic carbocycles. The zero-order valence-corrected chi connectivity index (χ0v) is 10.3. The fourth-order valence-electron chi connectivity index (χ4n) is 1.94. The van der Waals surface area contributed by atoms with Gasteiger partial charge in [-0.2, -0.15) is 4.98 Å². The van der Waals surface area contributed by atoms with Crippen LogP contribution in [0.3, 0.4) is 0 Å². The zero-order chi connectivity index (χ0) is 12.7. The van der Waals surface area contributed by atoms with Crippen molar-refractivity contribution in [3.05, 3.63) is 41.9 Å². The molecule has 0 aliphatic rings. The van der Waals surface area contributed by atoms with E-state index in [9.17, 15) is 0 Å². The number of nitrogen functional groups attached to an aromatic ring is 1. The quantitative estimate of drug-likeness (QED) is 0.705. The van der Waals surface area contributed by atoms with E-state index in [0.717, 1.165) is 16.9 Å². The zero-order valence-electron chi connectivity index (χ0n) is 10.3. The van der Waals surface area contributed by atoms with Gasteiger partial charge >= 0.3 is 0 Å². The van der Waals surface area contributed by atoms with Gasteiger partial charge in [0.1, 0.15) is 12.1 Å². The second-order valence-electron chi connectivity index (χ2n) is 4.31. The van der Waals surface area contributed by atoms with Crippen molar-refractivity contribution in [1.82, 2.24) is 19.5 Å². The summed E-state index contributed by atoms with van der Waals surface area (Å²) in [6, 6.07) is 5.99. The average Bonchev–Trinajstić information content (AvgIpc) is 2.73. The van der Waals surface area contributed by atoms with Gasteiger partial charge in [-0.3, -0.25) is 4.57 Å². The first-order chi connectivity index (χ1) is 8.65. The molecule has 0 bridgehead atoms. The van der Waals surface area contributed by atoms with Gasteiger partial charge < -0.3 is 5.73 Å². The summed E-state index contributed by atoms with van der Waals surface area (Å²) in [5, 5.41) is 0. The van der Waals surface area contributed by atoms with Crippen LogP contribution in [0, 0.1) is 13.8 Å². The van der Waals surface area contributed by atoms with E-state index in [-0.39, 0.29) is 5.95 Å². The first-order valence-corrected chi connectivity index (χ1v) is 5.68. The smallest absolute Gasteiger partial charge is 0.221 e. The number of hydrogen-bond acceptors (Lipinski definition) is 4. The van der Waals surface area contributed by atoms with Crippen LogP contribution in [0.5, 0.6) is 0 Å². The summed E-state index contributed by atoms with van der Waals surface area (Å²) in [6.45, 7) is 4.16. The molecule has 5 heteroatoms. The molecule has 3 rings (SSSR count). The standard InChI is InChI=1S/C13H13N5/c1-8-5-10-11(6-9(8)2)18(7-16-10)12-3-4-15-13(14)17-12/h3-7H,1-2H3,(H2,14,15,17). The van der Waals surface area contributed by atoms with Crippen LogP contribution in [0.4, 0.5) is 5.95 Å². The number of fused-ring (bicyclic) bond motifs is 1. The lowest BCUT2D eigenvalue weighted by atomic mass is 10.1. The fourth-order valence-corrected chi connectivity index (χ4v) is 1.94. The number of imidazole rings is 1. The van der Waals surface area contributed by atoms with Crippen molar-refractivity contribution in [1.29, 1.82) is 0 Å². The Morgan fingerprint density at radius 2 is 1.89 bits per heavy atom. The summed E-state index contributed by atoms with van der Waals surface area (Å²) in [7, 11) is 0. The molecule has 90 valence electrons. The molecular weight excluding hydrogens is 226 g/mol. The SMILES string of the molecule is Cc1cc2ncn(-c3ccnc(N)n3)c2cc1C. The van der Waals surface area contributed by atoms with Gasteiger partial charge in [0.2, 0.25) is 5.95 Å². The van der Waals surface area contributed by atoms with E-state index < -0.39 is 0 Å². The fraction of sp³-hybridized carbons (Fsp3) is 0.154. The third-order valence-corrected chi connectivity index (χ3v) is 3.07. The van der Waals surface area contributed by atoms with Gasteiger partial charge in [-0.1, -0.05) is 0 Å². The van der Waals surface area contributed by atoms with Crippen LogP contribution >= 0.6 is 0 Å². The normalized spacial score (nSPS) is 11.0. The van der Waals surface area contributed by atoms with E-state index in [0.29, 0.717) is 0 Å². The second kappa shape index (κ2) is 3.80. The summed E-state index contributed by atoms with van der Waals surface area (Å²) >= 11 is 0. The maximum Gasteiger partial charge on any atom is 0.221 e. The van der Waals surface area contributed by atoms with E-state index in [1.54, 1.807) is 12.5 Å². The minimum absolute atomic E-state index is 0.262. The van der Waals surface area contributed by atoms with E-state index in [1.165, 1.54) is 11.1 Å². The largest absolute Gasteiger partial charge is 0.368 e. The highest BCUT2D eigenvalue weighted by Crippen LogP contribution is 2.20. The molecular formula is C13H13N5. The lowest BCUT2D eigenvalue weighted by molar-refractivity contribution is 1.00. The van der Waals surface area contributed by atoms with Crippen molar-refractivity contribution in [2.75, 3.05) is 5.73 Å². The number of benzene rings is 1. The molecule has 0 saturated carbocycles. The first kappa shape index (κ1) is 10.7. The summed E-state index contributed by atoms with van der Waals surface area (Å²) in [4.78, 5) is 12.5. The van der Waals surface area contributed by atoms with Crippen LogP contribution in [0.1, 0.15) is 11.1 Å². The van der Waals surface area contributed by atoms with Crippen molar-refractivity contribution < 1.29 is 0 Å². The van der Waals surface area contributed by atoms with Gasteiger partial charge in [-0.05, 0) is 43.2 Å². The van der Waals surface area contributed by atoms with Gasteiger partial charge in [0, 0.05) is 6.20 Å². The molecule has 0 aliphatic heterocycles. The number of hydrogen-bond donors (Lipinski definition) is 1. The van der Waals surface area contributed by atoms with E-state index >= 15 is 0 Å². The van der Waals surface area contributed by atoms with Crippen LogP contribution in [-0.4, -0.2) is 19.5 Å². The highest BCUT2D eigenvalue weighted by Gasteiger charge is 2.07. The van der Waals surface area contributed by atoms with Crippen molar-refractivity contribution in [2.45, 2.75) is 13.8 Å². The van der Waals surface area contributed by atoms with Crippen LogP contribution in [0.15, 0.2) is 30.7 Å². The van der Waals surface area contributed by atoms with Crippen molar-refractivity contribution >= 4 is 17.0 Å². The van der Waals surface area contributed by atoms with Crippen LogP contribution in [0.25, 0.3) is 16.9 Å². The number of aryl methyl sites for hydroxylation is 2. The van der Waals surface area contributed by atoms with E-state index in [4.69, 9.17) is 5.73 Å². The lowest BCUT2D eigenvalue weighted by Crippen LogP contribution is -2.01. The number of aromatic nitrogens is 4. The Balaban J connectivity index is 2.27. The Morgan fingerprint density at radius 1 is 1.11 bits per heavy atom. The maximum atomic E-state index is 5.61. The third kappa shape index (κ3) is 1.60. The van der Waals surface area contributed by atoms with Crippen LogP contribution in [0.2, 0.25) is 0 Å². The number of nitrogens with two attached hydrogens (primary N) is 1. The first-order valence-electron chi connectivity index (χ1n) is 5.68. The van der Waals surface area contributed by atoms with E-state index in [1.807, 2.05) is 10.6 Å². The molecule has 0 amide bonds. The van der Waals surface area contributed by atoms with Crippen molar-refractivity contribution in [3.63, 3.8) is 0 Å². The lowest BCUT2D eigenvalue weighted by Gasteiger charge is -2.05. The summed E-state index contributed by atoms with van der Waals surface area (Å²) < 4.78 is 1.92. The van der Waals surface area contributed by atoms with Crippen LogP contribution in [-0.2, 0) is 0 Å². The minimum atomic E-state index is 0.262. The molecule has 0 atom stereocenters. The molecule has 1 aromatic carbocycles. The minimum Gasteiger partial charge on any atom is -0.368 e. The van der Waals surface area contributed by atoms with Gasteiger partial charge in [0.25, 0.3) is 0 Å². The predicted octanol–water partition coefficient (Wildman–Crippen LogP) is 2.01. The van der Waals surface area contributed by atoms with Gasteiger partial charge in [0.15, 0.2) is 0 Å². The Morgan fingerprint density at radius 3 is 2.67 bits per heavy atom. The number of anilines is 1. The Bertz CT molecular complexity index is 729. The Kier molecular flexibility index (Phi) is 2.26. The Labute approximate surface area is 104 Å². The third-order valence-electron chi connectivity index (χ3n) is 3.07. The molecule has 0 saturated heterocycles. The molecule has 0 unspecified atom stereocenters.